The number of allylic oxidation sites excluding steroid dienone is 5. The van der Waals surface area contributed by atoms with E-state index in [0.29, 0.717) is 11.1 Å². The molecular formula is C21H25FO2. The van der Waals surface area contributed by atoms with Crippen molar-refractivity contribution in [3.63, 3.8) is 0 Å². The molecule has 0 unspecified atom stereocenters. The Labute approximate surface area is 143 Å². The van der Waals surface area contributed by atoms with E-state index in [1.807, 2.05) is 12.2 Å². The van der Waals surface area contributed by atoms with Crippen molar-refractivity contribution >= 4 is 11.8 Å². The molecule has 1 aliphatic rings. The first kappa shape index (κ1) is 18.2. The maximum absolute atomic E-state index is 14.6. The van der Waals surface area contributed by atoms with E-state index in [9.17, 15) is 9.18 Å². The minimum absolute atomic E-state index is 0.124. The molecule has 3 heteroatoms. The molecule has 0 bridgehead atoms. The van der Waals surface area contributed by atoms with Crippen LogP contribution in [0.2, 0.25) is 0 Å². The van der Waals surface area contributed by atoms with Crippen molar-refractivity contribution in [1.82, 2.24) is 0 Å². The zero-order valence-corrected chi connectivity index (χ0v) is 14.8. The Morgan fingerprint density at radius 1 is 1.21 bits per heavy atom. The molecule has 0 atom stereocenters. The topological polar surface area (TPSA) is 37.3 Å². The molecule has 0 saturated heterocycles. The molecule has 0 aliphatic heterocycles. The molecule has 0 heterocycles. The summed E-state index contributed by atoms with van der Waals surface area (Å²) in [6.45, 7) is 8.36. The number of carboxylic acids is 1. The summed E-state index contributed by atoms with van der Waals surface area (Å²) in [4.78, 5) is 10.9. The van der Waals surface area contributed by atoms with Crippen LogP contribution in [0, 0.1) is 5.41 Å². The normalized spacial score (nSPS) is 18.7. The van der Waals surface area contributed by atoms with Crippen molar-refractivity contribution in [2.24, 2.45) is 5.41 Å². The third-order valence-electron chi connectivity index (χ3n) is 4.77. The van der Waals surface area contributed by atoms with Crippen LogP contribution in [0.4, 0.5) is 4.39 Å². The van der Waals surface area contributed by atoms with Crippen LogP contribution >= 0.6 is 0 Å². The smallest absolute Gasteiger partial charge is 0.335 e. The lowest BCUT2D eigenvalue weighted by molar-refractivity contribution is 0.0697. The van der Waals surface area contributed by atoms with Gasteiger partial charge in [0.05, 0.1) is 5.56 Å². The molecule has 128 valence electrons. The lowest BCUT2D eigenvalue weighted by Gasteiger charge is -2.32. The average Bonchev–Trinajstić information content (AvgIpc) is 2.53. The molecule has 0 fully saturated rings. The van der Waals surface area contributed by atoms with E-state index in [2.05, 4.69) is 20.8 Å². The minimum Gasteiger partial charge on any atom is -0.478 e. The Morgan fingerprint density at radius 2 is 1.79 bits per heavy atom. The third kappa shape index (κ3) is 4.02. The highest BCUT2D eigenvalue weighted by atomic mass is 19.1. The Balaban J connectivity index is 2.27. The number of carboxylic acid groups (broad SMARTS) is 1. The standard InChI is InChI=1S/C21H25FO2/c1-14-6-5-13-21(3,4)18(14)12-7-15(2)19(22)16-8-10-17(11-9-16)20(23)24/h7-12H,5-6,13H2,1-4H3,(H,23,24). The van der Waals surface area contributed by atoms with Crippen molar-refractivity contribution in [2.75, 3.05) is 0 Å². The van der Waals surface area contributed by atoms with Crippen molar-refractivity contribution < 1.29 is 14.3 Å². The number of rotatable bonds is 4. The zero-order chi connectivity index (χ0) is 17.9. The van der Waals surface area contributed by atoms with Gasteiger partial charge in [0.1, 0.15) is 5.83 Å². The molecule has 0 spiro atoms. The summed E-state index contributed by atoms with van der Waals surface area (Å²) in [7, 11) is 0. The summed E-state index contributed by atoms with van der Waals surface area (Å²) < 4.78 is 14.6. The second-order valence-electron chi connectivity index (χ2n) is 7.14. The van der Waals surface area contributed by atoms with Crippen LogP contribution in [0.1, 0.15) is 62.9 Å². The molecule has 1 N–H and O–H groups in total. The van der Waals surface area contributed by atoms with E-state index in [1.165, 1.54) is 41.8 Å². The van der Waals surface area contributed by atoms with E-state index in [0.717, 1.165) is 12.8 Å². The number of halogens is 1. The van der Waals surface area contributed by atoms with E-state index >= 15 is 0 Å². The first-order valence-corrected chi connectivity index (χ1v) is 8.31. The zero-order valence-electron chi connectivity index (χ0n) is 14.8. The lowest BCUT2D eigenvalue weighted by atomic mass is 9.72. The predicted octanol–water partition coefficient (Wildman–Crippen LogP) is 6.17. The first-order valence-electron chi connectivity index (χ1n) is 8.31. The quantitative estimate of drug-likeness (QED) is 0.671. The second kappa shape index (κ2) is 7.16. The molecular weight excluding hydrogens is 303 g/mol. The first-order chi connectivity index (χ1) is 11.2. The number of benzene rings is 1. The number of hydrogen-bond donors (Lipinski definition) is 1. The number of carbonyl (C=O) groups is 1. The lowest BCUT2D eigenvalue weighted by Crippen LogP contribution is -2.19. The molecule has 1 aliphatic carbocycles. The molecule has 1 aromatic rings. The highest BCUT2D eigenvalue weighted by Gasteiger charge is 2.26. The van der Waals surface area contributed by atoms with Crippen LogP contribution in [0.25, 0.3) is 5.83 Å². The summed E-state index contributed by atoms with van der Waals surface area (Å²) in [6, 6.07) is 5.85. The van der Waals surface area contributed by atoms with E-state index in [-0.39, 0.29) is 16.8 Å². The van der Waals surface area contributed by atoms with Gasteiger partial charge >= 0.3 is 5.97 Å². The van der Waals surface area contributed by atoms with Gasteiger partial charge < -0.3 is 5.11 Å². The minimum atomic E-state index is -1.01. The molecule has 2 nitrogen and oxygen atoms in total. The van der Waals surface area contributed by atoms with Crippen LogP contribution in [-0.2, 0) is 0 Å². The third-order valence-corrected chi connectivity index (χ3v) is 4.77. The maximum atomic E-state index is 14.6. The molecule has 0 aromatic heterocycles. The maximum Gasteiger partial charge on any atom is 0.335 e. The van der Waals surface area contributed by atoms with Gasteiger partial charge in [0.2, 0.25) is 0 Å². The van der Waals surface area contributed by atoms with Crippen molar-refractivity contribution in [2.45, 2.75) is 47.0 Å². The number of hydrogen-bond acceptors (Lipinski definition) is 1. The second-order valence-corrected chi connectivity index (χ2v) is 7.14. The van der Waals surface area contributed by atoms with Gasteiger partial charge in [0.15, 0.2) is 0 Å². The summed E-state index contributed by atoms with van der Waals surface area (Å²) >= 11 is 0. The van der Waals surface area contributed by atoms with Crippen LogP contribution in [-0.4, -0.2) is 11.1 Å². The monoisotopic (exact) mass is 328 g/mol. The molecule has 0 saturated carbocycles. The van der Waals surface area contributed by atoms with Crippen LogP contribution in [0.5, 0.6) is 0 Å². The molecule has 2 rings (SSSR count). The van der Waals surface area contributed by atoms with Crippen molar-refractivity contribution in [3.05, 3.63) is 64.3 Å². The van der Waals surface area contributed by atoms with Gasteiger partial charge in [-0.25, -0.2) is 9.18 Å². The van der Waals surface area contributed by atoms with E-state index < -0.39 is 5.97 Å². The molecule has 1 aromatic carbocycles. The Morgan fingerprint density at radius 3 is 2.33 bits per heavy atom. The van der Waals surface area contributed by atoms with Crippen molar-refractivity contribution in [3.8, 4) is 0 Å². The van der Waals surface area contributed by atoms with Gasteiger partial charge in [-0.1, -0.05) is 43.7 Å². The van der Waals surface area contributed by atoms with Gasteiger partial charge in [-0.2, -0.15) is 0 Å². The highest BCUT2D eigenvalue weighted by Crippen LogP contribution is 2.41. The fourth-order valence-electron chi connectivity index (χ4n) is 3.28. The Kier molecular flexibility index (Phi) is 5.43. The summed E-state index contributed by atoms with van der Waals surface area (Å²) in [6.07, 6.45) is 7.31. The van der Waals surface area contributed by atoms with Gasteiger partial charge in [0.25, 0.3) is 0 Å². The van der Waals surface area contributed by atoms with Gasteiger partial charge in [-0.3, -0.25) is 0 Å². The van der Waals surface area contributed by atoms with Crippen LogP contribution in [0.15, 0.2) is 53.1 Å². The molecule has 24 heavy (non-hydrogen) atoms. The average molecular weight is 328 g/mol. The van der Waals surface area contributed by atoms with Crippen molar-refractivity contribution in [1.29, 1.82) is 0 Å². The number of aromatic carboxylic acids is 1. The largest absolute Gasteiger partial charge is 0.478 e. The van der Waals surface area contributed by atoms with Gasteiger partial charge in [0, 0.05) is 5.56 Å². The molecule has 0 radical (unpaired) electrons. The Bertz CT molecular complexity index is 719. The summed E-state index contributed by atoms with van der Waals surface area (Å²) in [5, 5.41) is 8.90. The van der Waals surface area contributed by atoms with E-state index in [4.69, 9.17) is 5.11 Å². The summed E-state index contributed by atoms with van der Waals surface area (Å²) in [5.41, 5.74) is 3.89. The molecule has 0 amide bonds. The van der Waals surface area contributed by atoms with Crippen LogP contribution in [0.3, 0.4) is 0 Å². The van der Waals surface area contributed by atoms with Gasteiger partial charge in [-0.15, -0.1) is 0 Å². The highest BCUT2D eigenvalue weighted by molar-refractivity contribution is 5.88. The SMILES string of the molecule is CC(C=CC1=C(C)CCCC1(C)C)=C(F)c1ccc(C(=O)O)cc1. The predicted molar refractivity (Wildman–Crippen MR) is 96.6 cm³/mol. The Hall–Kier alpha value is -2.16. The fraction of sp³-hybridized carbons (Fsp3) is 0.381. The fourth-order valence-corrected chi connectivity index (χ4v) is 3.28. The summed E-state index contributed by atoms with van der Waals surface area (Å²) in [5.74, 6) is -1.33. The van der Waals surface area contributed by atoms with Gasteiger partial charge in [-0.05, 0) is 61.8 Å². The van der Waals surface area contributed by atoms with Crippen LogP contribution < -0.4 is 0 Å². The van der Waals surface area contributed by atoms with E-state index in [1.54, 1.807) is 6.92 Å².